The number of nitrogens with two attached hydrogens (primary N) is 1. The van der Waals surface area contributed by atoms with E-state index in [1.165, 1.54) is 12.1 Å². The summed E-state index contributed by atoms with van der Waals surface area (Å²) in [5.41, 5.74) is -0.0542. The molecule has 0 bridgehead atoms. The Labute approximate surface area is 139 Å². The highest BCUT2D eigenvalue weighted by atomic mass is 35.5. The number of sulfonamides is 1. The van der Waals surface area contributed by atoms with Crippen molar-refractivity contribution in [3.05, 3.63) is 28.8 Å². The summed E-state index contributed by atoms with van der Waals surface area (Å²) >= 11 is 5.73. The molecule has 1 amide bonds. The second kappa shape index (κ2) is 6.86. The van der Waals surface area contributed by atoms with Gasteiger partial charge >= 0.3 is 5.97 Å². The molecule has 2 rings (SSSR count). The number of amides is 1. The molecule has 0 aliphatic heterocycles. The molecule has 0 unspecified atom stereocenters. The molecular weight excluding hydrogens is 344 g/mol. The highest BCUT2D eigenvalue weighted by Crippen LogP contribution is 2.32. The fraction of sp³-hybridized carbons (Fsp3) is 0.429. The van der Waals surface area contributed by atoms with Crippen LogP contribution >= 0.6 is 11.6 Å². The SMILES string of the molecule is C[C@H](NC(=O)COC(=O)c1ccc(Cl)c(S(N)(=O)=O)c1)C1CC1. The summed E-state index contributed by atoms with van der Waals surface area (Å²) in [4.78, 5) is 23.2. The first-order chi connectivity index (χ1) is 10.7. The number of hydrogen-bond donors (Lipinski definition) is 2. The Morgan fingerprint density at radius 3 is 2.65 bits per heavy atom. The molecule has 1 saturated carbocycles. The number of carbonyl (C=O) groups excluding carboxylic acids is 2. The van der Waals surface area contributed by atoms with Gasteiger partial charge in [0.25, 0.3) is 5.91 Å². The third kappa shape index (κ3) is 4.92. The smallest absolute Gasteiger partial charge is 0.338 e. The summed E-state index contributed by atoms with van der Waals surface area (Å²) in [6, 6.07) is 3.59. The molecular formula is C14H17ClN2O5S. The van der Waals surface area contributed by atoms with Gasteiger partial charge in [0, 0.05) is 6.04 Å². The van der Waals surface area contributed by atoms with Gasteiger partial charge < -0.3 is 10.1 Å². The Balaban J connectivity index is 1.96. The molecule has 1 atom stereocenters. The average Bonchev–Trinajstić information content (AvgIpc) is 3.28. The minimum atomic E-state index is -4.06. The quantitative estimate of drug-likeness (QED) is 0.736. The first kappa shape index (κ1) is 17.7. The number of nitrogens with one attached hydrogen (secondary N) is 1. The molecule has 1 fully saturated rings. The molecule has 1 aromatic rings. The number of benzene rings is 1. The second-order valence-electron chi connectivity index (χ2n) is 5.46. The molecule has 7 nitrogen and oxygen atoms in total. The van der Waals surface area contributed by atoms with E-state index < -0.39 is 28.5 Å². The van der Waals surface area contributed by atoms with Crippen molar-refractivity contribution in [2.24, 2.45) is 11.1 Å². The van der Waals surface area contributed by atoms with Crippen LogP contribution in [0.2, 0.25) is 5.02 Å². The van der Waals surface area contributed by atoms with E-state index in [0.717, 1.165) is 18.9 Å². The number of rotatable bonds is 6. The van der Waals surface area contributed by atoms with Crippen LogP contribution in [0.25, 0.3) is 0 Å². The standard InChI is InChI=1S/C14H17ClN2O5S/c1-8(9-2-3-9)17-13(18)7-22-14(19)10-4-5-11(15)12(6-10)23(16,20)21/h4-6,8-9H,2-3,7H2,1H3,(H,17,18)(H2,16,20,21)/t8-/m0/s1. The number of primary sulfonamides is 1. The minimum Gasteiger partial charge on any atom is -0.452 e. The maximum absolute atomic E-state index is 11.9. The lowest BCUT2D eigenvalue weighted by molar-refractivity contribution is -0.124. The molecule has 126 valence electrons. The van der Waals surface area contributed by atoms with Crippen molar-refractivity contribution in [3.8, 4) is 0 Å². The normalized spacial score (nSPS) is 15.8. The molecule has 0 aromatic heterocycles. The Hall–Kier alpha value is -1.64. The Morgan fingerprint density at radius 2 is 2.09 bits per heavy atom. The summed E-state index contributed by atoms with van der Waals surface area (Å²) < 4.78 is 27.6. The van der Waals surface area contributed by atoms with Crippen LogP contribution in [0.4, 0.5) is 0 Å². The summed E-state index contributed by atoms with van der Waals surface area (Å²) in [5, 5.41) is 7.65. The van der Waals surface area contributed by atoms with Crippen LogP contribution in [-0.2, 0) is 19.6 Å². The van der Waals surface area contributed by atoms with Gasteiger partial charge in [0.2, 0.25) is 10.0 Å². The van der Waals surface area contributed by atoms with Crippen LogP contribution in [0, 0.1) is 5.92 Å². The number of hydrogen-bond acceptors (Lipinski definition) is 5. The maximum atomic E-state index is 11.9. The third-order valence-corrected chi connectivity index (χ3v) is 4.92. The van der Waals surface area contributed by atoms with E-state index >= 15 is 0 Å². The van der Waals surface area contributed by atoms with Gasteiger partial charge in [-0.05, 0) is 43.9 Å². The van der Waals surface area contributed by atoms with Crippen molar-refractivity contribution in [1.82, 2.24) is 5.32 Å². The number of esters is 1. The Bertz CT molecular complexity index is 731. The lowest BCUT2D eigenvalue weighted by Gasteiger charge is -2.13. The first-order valence-corrected chi connectivity index (χ1v) is 8.89. The van der Waals surface area contributed by atoms with E-state index in [9.17, 15) is 18.0 Å². The molecule has 0 saturated heterocycles. The molecule has 23 heavy (non-hydrogen) atoms. The molecule has 0 radical (unpaired) electrons. The monoisotopic (exact) mass is 360 g/mol. The van der Waals surface area contributed by atoms with Crippen LogP contribution < -0.4 is 10.5 Å². The predicted octanol–water partition coefficient (Wildman–Crippen LogP) is 1.06. The zero-order chi connectivity index (χ0) is 17.2. The van der Waals surface area contributed by atoms with Gasteiger partial charge in [-0.3, -0.25) is 4.79 Å². The van der Waals surface area contributed by atoms with Crippen molar-refractivity contribution < 1.29 is 22.7 Å². The van der Waals surface area contributed by atoms with Gasteiger partial charge in [-0.15, -0.1) is 0 Å². The molecule has 0 spiro atoms. The summed E-state index contributed by atoms with van der Waals surface area (Å²) in [5.74, 6) is -0.748. The van der Waals surface area contributed by atoms with Gasteiger partial charge in [0.05, 0.1) is 10.6 Å². The van der Waals surface area contributed by atoms with Crippen LogP contribution in [0.15, 0.2) is 23.1 Å². The topological polar surface area (TPSA) is 116 Å². The van der Waals surface area contributed by atoms with Crippen LogP contribution in [0.1, 0.15) is 30.1 Å². The van der Waals surface area contributed by atoms with Gasteiger partial charge in [-0.25, -0.2) is 18.4 Å². The lowest BCUT2D eigenvalue weighted by atomic mass is 10.2. The summed E-state index contributed by atoms with van der Waals surface area (Å²) in [7, 11) is -4.06. The molecule has 9 heteroatoms. The molecule has 3 N–H and O–H groups in total. The van der Waals surface area contributed by atoms with E-state index in [-0.39, 0.29) is 21.5 Å². The van der Waals surface area contributed by atoms with E-state index in [2.05, 4.69) is 5.32 Å². The average molecular weight is 361 g/mol. The van der Waals surface area contributed by atoms with Gasteiger partial charge in [0.1, 0.15) is 4.90 Å². The van der Waals surface area contributed by atoms with Crippen LogP contribution in [0.5, 0.6) is 0 Å². The summed E-state index contributed by atoms with van der Waals surface area (Å²) in [6.45, 7) is 1.46. The highest BCUT2D eigenvalue weighted by Gasteiger charge is 2.29. The second-order valence-corrected chi connectivity index (χ2v) is 7.40. The minimum absolute atomic E-state index is 0.0470. The van der Waals surface area contributed by atoms with Gasteiger partial charge in [-0.1, -0.05) is 11.6 Å². The highest BCUT2D eigenvalue weighted by molar-refractivity contribution is 7.89. The van der Waals surface area contributed by atoms with Crippen molar-refractivity contribution in [2.75, 3.05) is 6.61 Å². The van der Waals surface area contributed by atoms with Crippen molar-refractivity contribution in [2.45, 2.75) is 30.7 Å². The van der Waals surface area contributed by atoms with E-state index in [1.807, 2.05) is 6.92 Å². The van der Waals surface area contributed by atoms with E-state index in [4.69, 9.17) is 21.5 Å². The molecule has 1 aliphatic carbocycles. The molecule has 1 aromatic carbocycles. The number of halogens is 1. The van der Waals surface area contributed by atoms with Crippen molar-refractivity contribution in [3.63, 3.8) is 0 Å². The maximum Gasteiger partial charge on any atom is 0.338 e. The van der Waals surface area contributed by atoms with E-state index in [0.29, 0.717) is 5.92 Å². The number of ether oxygens (including phenoxy) is 1. The third-order valence-electron chi connectivity index (χ3n) is 3.53. The zero-order valence-electron chi connectivity index (χ0n) is 12.4. The van der Waals surface area contributed by atoms with Crippen LogP contribution in [-0.4, -0.2) is 32.9 Å². The predicted molar refractivity (Wildman–Crippen MR) is 83.4 cm³/mol. The van der Waals surface area contributed by atoms with Gasteiger partial charge in [0.15, 0.2) is 6.61 Å². The zero-order valence-corrected chi connectivity index (χ0v) is 14.0. The fourth-order valence-corrected chi connectivity index (χ4v) is 3.14. The molecule has 0 heterocycles. The van der Waals surface area contributed by atoms with Gasteiger partial charge in [-0.2, -0.15) is 0 Å². The van der Waals surface area contributed by atoms with Crippen molar-refractivity contribution in [1.29, 1.82) is 0 Å². The van der Waals surface area contributed by atoms with E-state index in [1.54, 1.807) is 0 Å². The Morgan fingerprint density at radius 1 is 1.43 bits per heavy atom. The first-order valence-electron chi connectivity index (χ1n) is 6.97. The Kier molecular flexibility index (Phi) is 5.28. The number of carbonyl (C=O) groups is 2. The molecule has 1 aliphatic rings. The largest absolute Gasteiger partial charge is 0.452 e. The lowest BCUT2D eigenvalue weighted by Crippen LogP contribution is -2.37. The summed E-state index contributed by atoms with van der Waals surface area (Å²) in [6.07, 6.45) is 2.17. The van der Waals surface area contributed by atoms with Crippen LogP contribution in [0.3, 0.4) is 0 Å². The fourth-order valence-electron chi connectivity index (χ4n) is 2.07. The van der Waals surface area contributed by atoms with Crippen molar-refractivity contribution >= 4 is 33.5 Å².